The summed E-state index contributed by atoms with van der Waals surface area (Å²) in [4.78, 5) is 14.5. The van der Waals surface area contributed by atoms with Crippen molar-refractivity contribution in [2.24, 2.45) is 0 Å². The topological polar surface area (TPSA) is 38.8 Å². The lowest BCUT2D eigenvalue weighted by atomic mass is 10.0. The first kappa shape index (κ1) is 20.6. The van der Waals surface area contributed by atoms with E-state index < -0.39 is 17.8 Å². The van der Waals surface area contributed by atoms with Gasteiger partial charge >= 0.3 is 6.18 Å². The molecule has 146 valence electrons. The van der Waals surface area contributed by atoms with Gasteiger partial charge in [-0.25, -0.2) is 0 Å². The normalized spacial score (nSPS) is 12.4. The van der Waals surface area contributed by atoms with Gasteiger partial charge < -0.3 is 14.4 Å². The minimum Gasteiger partial charge on any atom is -0.497 e. The van der Waals surface area contributed by atoms with E-state index in [1.165, 1.54) is 25.2 Å². The Morgan fingerprint density at radius 2 is 1.67 bits per heavy atom. The highest BCUT2D eigenvalue weighted by atomic mass is 19.4. The molecule has 1 amide bonds. The first-order chi connectivity index (χ1) is 12.7. The van der Waals surface area contributed by atoms with Crippen molar-refractivity contribution in [2.45, 2.75) is 26.1 Å². The maximum absolute atomic E-state index is 13.0. The van der Waals surface area contributed by atoms with E-state index in [9.17, 15) is 18.0 Å². The van der Waals surface area contributed by atoms with Crippen LogP contribution in [0.4, 0.5) is 13.2 Å². The van der Waals surface area contributed by atoms with Crippen molar-refractivity contribution < 1.29 is 27.4 Å². The molecule has 27 heavy (non-hydrogen) atoms. The Labute approximate surface area is 156 Å². The molecule has 0 saturated carbocycles. The number of ether oxygens (including phenoxy) is 2. The molecule has 2 aromatic carbocycles. The SMILES string of the molecule is CCN(C(=O)c1cc(OC)cc(OC)c1)C(C)c1cccc(C(F)(F)F)c1. The number of amides is 1. The third kappa shape index (κ3) is 4.72. The Hall–Kier alpha value is -2.70. The second-order valence-corrected chi connectivity index (χ2v) is 5.99. The third-order valence-electron chi connectivity index (χ3n) is 4.36. The highest BCUT2D eigenvalue weighted by Gasteiger charge is 2.31. The molecule has 4 nitrogen and oxygen atoms in total. The Morgan fingerprint density at radius 1 is 1.07 bits per heavy atom. The molecule has 0 fully saturated rings. The van der Waals surface area contributed by atoms with Crippen molar-refractivity contribution in [3.8, 4) is 11.5 Å². The zero-order valence-corrected chi connectivity index (χ0v) is 15.6. The van der Waals surface area contributed by atoms with E-state index in [1.807, 2.05) is 0 Å². The summed E-state index contributed by atoms with van der Waals surface area (Å²) in [6.07, 6.45) is -4.43. The van der Waals surface area contributed by atoms with Gasteiger partial charge in [-0.3, -0.25) is 4.79 Å². The predicted octanol–water partition coefficient (Wildman–Crippen LogP) is 4.95. The fourth-order valence-electron chi connectivity index (χ4n) is 2.84. The maximum Gasteiger partial charge on any atom is 0.416 e. The van der Waals surface area contributed by atoms with Gasteiger partial charge in [-0.1, -0.05) is 12.1 Å². The van der Waals surface area contributed by atoms with Crippen LogP contribution in [0.5, 0.6) is 11.5 Å². The van der Waals surface area contributed by atoms with E-state index in [4.69, 9.17) is 9.47 Å². The number of rotatable bonds is 6. The summed E-state index contributed by atoms with van der Waals surface area (Å²) < 4.78 is 49.4. The van der Waals surface area contributed by atoms with Crippen LogP contribution >= 0.6 is 0 Å². The number of hydrogen-bond donors (Lipinski definition) is 0. The summed E-state index contributed by atoms with van der Waals surface area (Å²) in [6.45, 7) is 3.81. The largest absolute Gasteiger partial charge is 0.497 e. The van der Waals surface area contributed by atoms with Gasteiger partial charge in [-0.05, 0) is 43.7 Å². The molecule has 0 saturated heterocycles. The average Bonchev–Trinajstić information content (AvgIpc) is 2.67. The standard InChI is InChI=1S/C20H22F3NO3/c1-5-24(13(2)14-7-6-8-16(9-14)20(21,22)23)19(25)15-10-17(26-3)12-18(11-15)27-4/h6-13H,5H2,1-4H3. The van der Waals surface area contributed by atoms with Gasteiger partial charge in [0.05, 0.1) is 25.8 Å². The second-order valence-electron chi connectivity index (χ2n) is 5.99. The first-order valence-electron chi connectivity index (χ1n) is 8.42. The summed E-state index contributed by atoms with van der Waals surface area (Å²) in [5.74, 6) is 0.598. The molecule has 0 spiro atoms. The van der Waals surface area contributed by atoms with Crippen molar-refractivity contribution in [3.63, 3.8) is 0 Å². The lowest BCUT2D eigenvalue weighted by molar-refractivity contribution is -0.137. The van der Waals surface area contributed by atoms with Crippen molar-refractivity contribution in [3.05, 3.63) is 59.2 Å². The summed E-state index contributed by atoms with van der Waals surface area (Å²) in [5, 5.41) is 0. The van der Waals surface area contributed by atoms with Gasteiger partial charge in [0, 0.05) is 18.2 Å². The highest BCUT2D eigenvalue weighted by Crippen LogP contribution is 2.32. The molecule has 2 rings (SSSR count). The molecule has 0 heterocycles. The number of nitrogens with zero attached hydrogens (tertiary/aromatic N) is 1. The summed E-state index contributed by atoms with van der Waals surface area (Å²) in [5.41, 5.74) is 0.0140. The number of carbonyl (C=O) groups is 1. The highest BCUT2D eigenvalue weighted by molar-refractivity contribution is 5.95. The molecule has 0 aliphatic heterocycles. The number of halogens is 3. The Morgan fingerprint density at radius 3 is 2.15 bits per heavy atom. The van der Waals surface area contributed by atoms with Crippen LogP contribution in [0.1, 0.15) is 41.4 Å². The van der Waals surface area contributed by atoms with E-state index in [-0.39, 0.29) is 5.91 Å². The van der Waals surface area contributed by atoms with E-state index in [0.29, 0.717) is 29.2 Å². The Kier molecular flexibility index (Phi) is 6.36. The molecule has 1 unspecified atom stereocenters. The molecule has 0 aromatic heterocycles. The van der Waals surface area contributed by atoms with Crippen molar-refractivity contribution in [1.29, 1.82) is 0 Å². The van der Waals surface area contributed by atoms with E-state index in [2.05, 4.69) is 0 Å². The predicted molar refractivity (Wildman–Crippen MR) is 96.1 cm³/mol. The number of carbonyl (C=O) groups excluding carboxylic acids is 1. The van der Waals surface area contributed by atoms with Gasteiger partial charge in [0.25, 0.3) is 5.91 Å². The van der Waals surface area contributed by atoms with Crippen molar-refractivity contribution >= 4 is 5.91 Å². The van der Waals surface area contributed by atoms with E-state index in [1.54, 1.807) is 38.1 Å². The molecule has 0 bridgehead atoms. The van der Waals surface area contributed by atoms with E-state index in [0.717, 1.165) is 12.1 Å². The molecule has 0 N–H and O–H groups in total. The summed E-state index contributed by atoms with van der Waals surface area (Å²) in [6, 6.07) is 9.28. The van der Waals surface area contributed by atoms with Crippen LogP contribution in [-0.4, -0.2) is 31.6 Å². The van der Waals surface area contributed by atoms with Crippen LogP contribution in [0.3, 0.4) is 0 Å². The molecular weight excluding hydrogens is 359 g/mol. The number of alkyl halides is 3. The summed E-state index contributed by atoms with van der Waals surface area (Å²) >= 11 is 0. The number of benzene rings is 2. The zero-order chi connectivity index (χ0) is 20.2. The van der Waals surface area contributed by atoms with Crippen LogP contribution in [0.15, 0.2) is 42.5 Å². The fourth-order valence-corrected chi connectivity index (χ4v) is 2.84. The van der Waals surface area contributed by atoms with Gasteiger partial charge in [0.2, 0.25) is 0 Å². The van der Waals surface area contributed by atoms with Crippen LogP contribution in [0.2, 0.25) is 0 Å². The van der Waals surface area contributed by atoms with Crippen molar-refractivity contribution in [1.82, 2.24) is 4.90 Å². The van der Waals surface area contributed by atoms with Gasteiger partial charge in [0.15, 0.2) is 0 Å². The lowest BCUT2D eigenvalue weighted by Crippen LogP contribution is -2.33. The minimum atomic E-state index is -4.43. The molecular formula is C20H22F3NO3. The van der Waals surface area contributed by atoms with Gasteiger partial charge in [-0.2, -0.15) is 13.2 Å². The molecule has 0 aliphatic rings. The molecule has 1 atom stereocenters. The average molecular weight is 381 g/mol. The van der Waals surface area contributed by atoms with Gasteiger partial charge in [0.1, 0.15) is 11.5 Å². The van der Waals surface area contributed by atoms with E-state index >= 15 is 0 Å². The fraction of sp³-hybridized carbons (Fsp3) is 0.350. The first-order valence-corrected chi connectivity index (χ1v) is 8.42. The van der Waals surface area contributed by atoms with Gasteiger partial charge in [-0.15, -0.1) is 0 Å². The molecule has 0 aliphatic carbocycles. The maximum atomic E-state index is 13.0. The Bertz CT molecular complexity index is 783. The lowest BCUT2D eigenvalue weighted by Gasteiger charge is -2.29. The number of hydrogen-bond acceptors (Lipinski definition) is 3. The zero-order valence-electron chi connectivity index (χ0n) is 15.6. The van der Waals surface area contributed by atoms with Crippen LogP contribution in [-0.2, 0) is 6.18 Å². The third-order valence-corrected chi connectivity index (χ3v) is 4.36. The molecule has 2 aromatic rings. The van der Waals surface area contributed by atoms with Crippen LogP contribution in [0, 0.1) is 0 Å². The van der Waals surface area contributed by atoms with Crippen LogP contribution in [0.25, 0.3) is 0 Å². The Balaban J connectivity index is 2.37. The monoisotopic (exact) mass is 381 g/mol. The number of methoxy groups -OCH3 is 2. The van der Waals surface area contributed by atoms with Crippen molar-refractivity contribution in [2.75, 3.05) is 20.8 Å². The summed E-state index contributed by atoms with van der Waals surface area (Å²) in [7, 11) is 2.96. The quantitative estimate of drug-likeness (QED) is 0.711. The molecule has 7 heteroatoms. The minimum absolute atomic E-state index is 0.320. The van der Waals surface area contributed by atoms with Crippen LogP contribution < -0.4 is 9.47 Å². The molecule has 0 radical (unpaired) electrons. The smallest absolute Gasteiger partial charge is 0.416 e. The second kappa shape index (κ2) is 8.33.